The van der Waals surface area contributed by atoms with Crippen LogP contribution in [0.3, 0.4) is 0 Å². The van der Waals surface area contributed by atoms with E-state index in [4.69, 9.17) is 4.74 Å². The third-order valence-corrected chi connectivity index (χ3v) is 7.09. The first-order valence-corrected chi connectivity index (χ1v) is 11.6. The van der Waals surface area contributed by atoms with Crippen molar-refractivity contribution in [1.82, 2.24) is 4.31 Å². The molecule has 3 aromatic rings. The third kappa shape index (κ3) is 4.62. The molecule has 1 saturated heterocycles. The average Bonchev–Trinajstić information content (AvgIpc) is 2.85. The van der Waals surface area contributed by atoms with Gasteiger partial charge in [-0.05, 0) is 24.3 Å². The minimum absolute atomic E-state index is 0.0405. The molecular weight excluding hydrogens is 428 g/mol. The van der Waals surface area contributed by atoms with E-state index in [1.54, 1.807) is 60.7 Å². The van der Waals surface area contributed by atoms with Gasteiger partial charge in [-0.15, -0.1) is 0 Å². The highest BCUT2D eigenvalue weighted by Crippen LogP contribution is 2.23. The number of ketones is 1. The number of rotatable bonds is 6. The topological polar surface area (TPSA) is 92.8 Å². The summed E-state index contributed by atoms with van der Waals surface area (Å²) in [6.45, 7) is 1.11. The van der Waals surface area contributed by atoms with Crippen molar-refractivity contribution in [2.45, 2.75) is 4.90 Å². The fraction of sp³-hybridized carbons (Fsp3) is 0.167. The quantitative estimate of drug-likeness (QED) is 0.583. The molecule has 0 aliphatic carbocycles. The Hall–Kier alpha value is -3.33. The lowest BCUT2D eigenvalue weighted by Gasteiger charge is -2.26. The van der Waals surface area contributed by atoms with Crippen molar-refractivity contribution < 1.29 is 22.7 Å². The second-order valence-electron chi connectivity index (χ2n) is 7.24. The van der Waals surface area contributed by atoms with Gasteiger partial charge in [0.05, 0.1) is 23.7 Å². The first-order valence-electron chi connectivity index (χ1n) is 10.1. The molecule has 0 bridgehead atoms. The molecule has 164 valence electrons. The molecular formula is C24H22N2O5S. The molecule has 1 amide bonds. The maximum absolute atomic E-state index is 13.1. The SMILES string of the molecule is O=C(c1ccccc1)c1cccc(NC(=O)c2ccccc2S(=O)(=O)N2CCOCC2)c1. The van der Waals surface area contributed by atoms with Crippen LogP contribution in [-0.4, -0.2) is 50.7 Å². The van der Waals surface area contributed by atoms with Crippen LogP contribution in [0, 0.1) is 0 Å². The lowest BCUT2D eigenvalue weighted by Crippen LogP contribution is -2.41. The van der Waals surface area contributed by atoms with Crippen molar-refractivity contribution in [1.29, 1.82) is 0 Å². The van der Waals surface area contributed by atoms with E-state index in [2.05, 4.69) is 5.32 Å². The van der Waals surface area contributed by atoms with Crippen molar-refractivity contribution in [2.24, 2.45) is 0 Å². The number of ether oxygens (including phenoxy) is 1. The number of nitrogens with zero attached hydrogens (tertiary/aromatic N) is 1. The van der Waals surface area contributed by atoms with Crippen molar-refractivity contribution in [3.05, 3.63) is 95.6 Å². The van der Waals surface area contributed by atoms with Crippen molar-refractivity contribution in [2.75, 3.05) is 31.6 Å². The van der Waals surface area contributed by atoms with E-state index in [1.165, 1.54) is 16.4 Å². The Morgan fingerprint density at radius 1 is 0.812 bits per heavy atom. The molecule has 0 radical (unpaired) electrons. The van der Waals surface area contributed by atoms with Gasteiger partial charge in [0.25, 0.3) is 5.91 Å². The molecule has 1 aliphatic heterocycles. The number of carbonyl (C=O) groups is 2. The summed E-state index contributed by atoms with van der Waals surface area (Å²) in [5.74, 6) is -0.737. The number of amides is 1. The standard InChI is InChI=1S/C24H22N2O5S/c27-23(18-7-2-1-3-8-18)19-9-6-10-20(17-19)25-24(28)21-11-4-5-12-22(21)32(29,30)26-13-15-31-16-14-26/h1-12,17H,13-16H2,(H,25,28). The second kappa shape index (κ2) is 9.44. The summed E-state index contributed by atoms with van der Waals surface area (Å²) in [6, 6.07) is 21.5. The Kier molecular flexibility index (Phi) is 6.45. The van der Waals surface area contributed by atoms with Gasteiger partial charge in [0, 0.05) is 29.9 Å². The first-order chi connectivity index (χ1) is 15.5. The van der Waals surface area contributed by atoms with E-state index < -0.39 is 15.9 Å². The van der Waals surface area contributed by atoms with Crippen LogP contribution in [-0.2, 0) is 14.8 Å². The summed E-state index contributed by atoms with van der Waals surface area (Å²) in [6.07, 6.45) is 0. The molecule has 3 aromatic carbocycles. The van der Waals surface area contributed by atoms with Gasteiger partial charge < -0.3 is 10.1 Å². The summed E-state index contributed by atoms with van der Waals surface area (Å²) >= 11 is 0. The highest BCUT2D eigenvalue weighted by atomic mass is 32.2. The molecule has 8 heteroatoms. The summed E-state index contributed by atoms with van der Waals surface area (Å²) in [5, 5.41) is 2.72. The largest absolute Gasteiger partial charge is 0.379 e. The van der Waals surface area contributed by atoms with Crippen molar-refractivity contribution in [3.8, 4) is 0 Å². The van der Waals surface area contributed by atoms with E-state index >= 15 is 0 Å². The van der Waals surface area contributed by atoms with Gasteiger partial charge >= 0.3 is 0 Å². The Morgan fingerprint density at radius 2 is 1.47 bits per heavy atom. The number of morpholine rings is 1. The van der Waals surface area contributed by atoms with E-state index in [1.807, 2.05) is 6.07 Å². The van der Waals surface area contributed by atoms with Crippen LogP contribution in [0.2, 0.25) is 0 Å². The van der Waals surface area contributed by atoms with E-state index in [0.717, 1.165) is 0 Å². The fourth-order valence-electron chi connectivity index (χ4n) is 3.50. The summed E-state index contributed by atoms with van der Waals surface area (Å²) in [5.41, 5.74) is 1.40. The average molecular weight is 451 g/mol. The molecule has 1 heterocycles. The van der Waals surface area contributed by atoms with Crippen LogP contribution in [0.1, 0.15) is 26.3 Å². The number of nitrogens with one attached hydrogen (secondary N) is 1. The zero-order valence-corrected chi connectivity index (χ0v) is 18.0. The Bertz CT molecular complexity index is 1240. The molecule has 0 spiro atoms. The molecule has 7 nitrogen and oxygen atoms in total. The smallest absolute Gasteiger partial charge is 0.257 e. The monoisotopic (exact) mass is 450 g/mol. The van der Waals surface area contributed by atoms with Crippen LogP contribution in [0.25, 0.3) is 0 Å². The normalized spacial score (nSPS) is 14.6. The number of hydrogen-bond donors (Lipinski definition) is 1. The molecule has 0 saturated carbocycles. The molecule has 0 aromatic heterocycles. The Balaban J connectivity index is 1.59. The number of benzene rings is 3. The van der Waals surface area contributed by atoms with Crippen molar-refractivity contribution in [3.63, 3.8) is 0 Å². The zero-order valence-electron chi connectivity index (χ0n) is 17.2. The van der Waals surface area contributed by atoms with Crippen LogP contribution in [0.4, 0.5) is 5.69 Å². The van der Waals surface area contributed by atoms with Crippen molar-refractivity contribution >= 4 is 27.4 Å². The van der Waals surface area contributed by atoms with Gasteiger partial charge in [-0.2, -0.15) is 4.31 Å². The van der Waals surface area contributed by atoms with E-state index in [9.17, 15) is 18.0 Å². The van der Waals surface area contributed by atoms with Crippen LogP contribution in [0.15, 0.2) is 83.8 Å². The Labute approximate surface area is 186 Å². The van der Waals surface area contributed by atoms with Crippen LogP contribution < -0.4 is 5.32 Å². The minimum Gasteiger partial charge on any atom is -0.379 e. The van der Waals surface area contributed by atoms with Crippen LogP contribution in [0.5, 0.6) is 0 Å². The molecule has 1 aliphatic rings. The van der Waals surface area contributed by atoms with Gasteiger partial charge in [-0.3, -0.25) is 9.59 Å². The number of anilines is 1. The predicted octanol–water partition coefficient (Wildman–Crippen LogP) is 3.19. The second-order valence-corrected chi connectivity index (χ2v) is 9.15. The third-order valence-electron chi connectivity index (χ3n) is 5.14. The molecule has 4 rings (SSSR count). The van der Waals surface area contributed by atoms with Gasteiger partial charge in [0.15, 0.2) is 5.78 Å². The molecule has 32 heavy (non-hydrogen) atoms. The zero-order chi connectivity index (χ0) is 22.6. The first kappa shape index (κ1) is 21.9. The summed E-state index contributed by atoms with van der Waals surface area (Å²) in [7, 11) is -3.85. The number of carbonyl (C=O) groups excluding carboxylic acids is 2. The van der Waals surface area contributed by atoms with Gasteiger partial charge in [0.1, 0.15) is 0 Å². The van der Waals surface area contributed by atoms with E-state index in [-0.39, 0.29) is 29.3 Å². The van der Waals surface area contributed by atoms with Gasteiger partial charge in [0.2, 0.25) is 10.0 Å². The Morgan fingerprint density at radius 3 is 2.22 bits per heavy atom. The van der Waals surface area contributed by atoms with Gasteiger partial charge in [-0.25, -0.2) is 8.42 Å². The molecule has 0 atom stereocenters. The maximum atomic E-state index is 13.1. The lowest BCUT2D eigenvalue weighted by molar-refractivity contribution is 0.0730. The minimum atomic E-state index is -3.85. The highest BCUT2D eigenvalue weighted by Gasteiger charge is 2.30. The fourth-order valence-corrected chi connectivity index (χ4v) is 5.10. The predicted molar refractivity (Wildman–Crippen MR) is 120 cm³/mol. The highest BCUT2D eigenvalue weighted by molar-refractivity contribution is 7.89. The van der Waals surface area contributed by atoms with E-state index in [0.29, 0.717) is 30.0 Å². The van der Waals surface area contributed by atoms with Crippen LogP contribution >= 0.6 is 0 Å². The summed E-state index contributed by atoms with van der Waals surface area (Å²) in [4.78, 5) is 25.7. The molecule has 0 unspecified atom stereocenters. The van der Waals surface area contributed by atoms with Gasteiger partial charge in [-0.1, -0.05) is 54.6 Å². The number of hydrogen-bond acceptors (Lipinski definition) is 5. The maximum Gasteiger partial charge on any atom is 0.257 e. The molecule has 1 N–H and O–H groups in total. The molecule has 1 fully saturated rings. The summed E-state index contributed by atoms with van der Waals surface area (Å²) < 4.78 is 32.8. The number of sulfonamides is 1. The lowest BCUT2D eigenvalue weighted by atomic mass is 10.0.